The van der Waals surface area contributed by atoms with Gasteiger partial charge in [0.25, 0.3) is 0 Å². The molecule has 1 aromatic heterocycles. The maximum absolute atomic E-state index is 13.1. The van der Waals surface area contributed by atoms with Gasteiger partial charge in [0.2, 0.25) is 0 Å². The average Bonchev–Trinajstić information content (AvgIpc) is 2.92. The molecule has 5 heteroatoms. The first kappa shape index (κ1) is 15.0. The van der Waals surface area contributed by atoms with Gasteiger partial charge in [-0.25, -0.2) is 9.37 Å². The van der Waals surface area contributed by atoms with Crippen LogP contribution in [0.2, 0.25) is 0 Å². The number of aromatic nitrogens is 2. The van der Waals surface area contributed by atoms with E-state index in [-0.39, 0.29) is 12.2 Å². The molecule has 0 radical (unpaired) electrons. The second-order valence-corrected chi connectivity index (χ2v) is 5.33. The number of nitrogens with zero attached hydrogens (tertiary/aromatic N) is 2. The molecule has 0 saturated carbocycles. The fourth-order valence-electron chi connectivity index (χ4n) is 2.37. The third-order valence-electron chi connectivity index (χ3n) is 3.54. The van der Waals surface area contributed by atoms with Crippen LogP contribution in [0.3, 0.4) is 0 Å². The van der Waals surface area contributed by atoms with Crippen LogP contribution in [0, 0.1) is 12.7 Å². The number of rotatable bonds is 4. The number of hydrogen-bond acceptors (Lipinski definition) is 2. The lowest BCUT2D eigenvalue weighted by atomic mass is 10.1. The van der Waals surface area contributed by atoms with Crippen LogP contribution in [0.1, 0.15) is 11.4 Å². The number of benzene rings is 2. The van der Waals surface area contributed by atoms with E-state index in [0.717, 1.165) is 11.1 Å². The summed E-state index contributed by atoms with van der Waals surface area (Å²) in [5, 5.41) is 9.09. The second-order valence-electron chi connectivity index (χ2n) is 5.33. The standard InChI is InChI=1S/C18H15FN2O2/c1-12-2-4-13(5-3-12)16-11-21(17(20-16)10-18(22)23)15-8-6-14(19)7-9-15/h2-9,11H,10H2,1H3,(H,22,23). The third kappa shape index (κ3) is 3.29. The molecular weight excluding hydrogens is 295 g/mol. The third-order valence-corrected chi connectivity index (χ3v) is 3.54. The van der Waals surface area contributed by atoms with E-state index in [1.54, 1.807) is 22.9 Å². The van der Waals surface area contributed by atoms with Crippen molar-refractivity contribution in [2.45, 2.75) is 13.3 Å². The Labute approximate surface area is 132 Å². The number of carboxylic acids is 1. The smallest absolute Gasteiger partial charge is 0.311 e. The number of carbonyl (C=O) groups is 1. The molecule has 0 saturated heterocycles. The van der Waals surface area contributed by atoms with E-state index >= 15 is 0 Å². The van der Waals surface area contributed by atoms with Gasteiger partial charge in [-0.05, 0) is 31.2 Å². The molecule has 23 heavy (non-hydrogen) atoms. The fourth-order valence-corrected chi connectivity index (χ4v) is 2.37. The van der Waals surface area contributed by atoms with Gasteiger partial charge in [0, 0.05) is 17.4 Å². The Morgan fingerprint density at radius 2 is 1.78 bits per heavy atom. The Balaban J connectivity index is 2.08. The van der Waals surface area contributed by atoms with Gasteiger partial charge in [-0.1, -0.05) is 29.8 Å². The molecule has 2 aromatic carbocycles. The van der Waals surface area contributed by atoms with E-state index in [9.17, 15) is 9.18 Å². The lowest BCUT2D eigenvalue weighted by Gasteiger charge is -2.05. The van der Waals surface area contributed by atoms with E-state index in [0.29, 0.717) is 17.2 Å². The summed E-state index contributed by atoms with van der Waals surface area (Å²) in [6.45, 7) is 2.00. The highest BCUT2D eigenvalue weighted by molar-refractivity contribution is 5.70. The summed E-state index contributed by atoms with van der Waals surface area (Å²) in [7, 11) is 0. The summed E-state index contributed by atoms with van der Waals surface area (Å²) < 4.78 is 14.8. The number of carboxylic acid groups (broad SMARTS) is 1. The lowest BCUT2D eigenvalue weighted by molar-refractivity contribution is -0.136. The van der Waals surface area contributed by atoms with Crippen molar-refractivity contribution in [2.75, 3.05) is 0 Å². The number of imidazole rings is 1. The fraction of sp³-hybridized carbons (Fsp3) is 0.111. The maximum Gasteiger partial charge on any atom is 0.311 e. The topological polar surface area (TPSA) is 55.1 Å². The second kappa shape index (κ2) is 6.04. The molecule has 0 aliphatic heterocycles. The predicted molar refractivity (Wildman–Crippen MR) is 85.0 cm³/mol. The summed E-state index contributed by atoms with van der Waals surface area (Å²) in [5.74, 6) is -0.901. The Morgan fingerprint density at radius 3 is 2.39 bits per heavy atom. The van der Waals surface area contributed by atoms with Crippen molar-refractivity contribution in [1.82, 2.24) is 9.55 Å². The van der Waals surface area contributed by atoms with Crippen LogP contribution < -0.4 is 0 Å². The summed E-state index contributed by atoms with van der Waals surface area (Å²) in [4.78, 5) is 15.5. The van der Waals surface area contributed by atoms with Crippen LogP contribution in [-0.4, -0.2) is 20.6 Å². The van der Waals surface area contributed by atoms with Gasteiger partial charge < -0.3 is 9.67 Å². The van der Waals surface area contributed by atoms with E-state index in [1.165, 1.54) is 12.1 Å². The molecular formula is C18H15FN2O2. The lowest BCUT2D eigenvalue weighted by Crippen LogP contribution is -2.07. The summed E-state index contributed by atoms with van der Waals surface area (Å²) >= 11 is 0. The van der Waals surface area contributed by atoms with E-state index in [2.05, 4.69) is 4.98 Å². The van der Waals surface area contributed by atoms with Crippen LogP contribution in [0.25, 0.3) is 16.9 Å². The molecule has 0 unspecified atom stereocenters. The van der Waals surface area contributed by atoms with Crippen LogP contribution in [0.15, 0.2) is 54.7 Å². The molecule has 4 nitrogen and oxygen atoms in total. The first-order chi connectivity index (χ1) is 11.0. The van der Waals surface area contributed by atoms with Gasteiger partial charge in [-0.3, -0.25) is 4.79 Å². The van der Waals surface area contributed by atoms with Gasteiger partial charge >= 0.3 is 5.97 Å². The highest BCUT2D eigenvalue weighted by Gasteiger charge is 2.14. The minimum atomic E-state index is -0.964. The van der Waals surface area contributed by atoms with Gasteiger partial charge in [-0.2, -0.15) is 0 Å². The molecule has 0 aliphatic rings. The Kier molecular flexibility index (Phi) is 3.93. The normalized spacial score (nSPS) is 10.7. The number of halogens is 1. The van der Waals surface area contributed by atoms with Crippen LogP contribution in [0.5, 0.6) is 0 Å². The van der Waals surface area contributed by atoms with Gasteiger partial charge in [-0.15, -0.1) is 0 Å². The molecule has 0 bridgehead atoms. The molecule has 3 rings (SSSR count). The highest BCUT2D eigenvalue weighted by Crippen LogP contribution is 2.22. The van der Waals surface area contributed by atoms with Crippen LogP contribution in [-0.2, 0) is 11.2 Å². The zero-order valence-corrected chi connectivity index (χ0v) is 12.5. The zero-order valence-electron chi connectivity index (χ0n) is 12.5. The van der Waals surface area contributed by atoms with E-state index in [4.69, 9.17) is 5.11 Å². The Hall–Kier alpha value is -2.95. The van der Waals surface area contributed by atoms with Crippen molar-refractivity contribution >= 4 is 5.97 Å². The molecule has 0 aliphatic carbocycles. The van der Waals surface area contributed by atoms with Crippen LogP contribution >= 0.6 is 0 Å². The van der Waals surface area contributed by atoms with E-state index < -0.39 is 5.97 Å². The van der Waals surface area contributed by atoms with Gasteiger partial charge in [0.15, 0.2) is 0 Å². The Bertz CT molecular complexity index is 836. The van der Waals surface area contributed by atoms with Crippen molar-refractivity contribution in [3.63, 3.8) is 0 Å². The molecule has 3 aromatic rings. The minimum Gasteiger partial charge on any atom is -0.481 e. The predicted octanol–water partition coefficient (Wildman–Crippen LogP) is 3.61. The molecule has 0 spiro atoms. The van der Waals surface area contributed by atoms with Gasteiger partial charge in [0.05, 0.1) is 5.69 Å². The maximum atomic E-state index is 13.1. The highest BCUT2D eigenvalue weighted by atomic mass is 19.1. The van der Waals surface area contributed by atoms with E-state index in [1.807, 2.05) is 31.2 Å². The SMILES string of the molecule is Cc1ccc(-c2cn(-c3ccc(F)cc3)c(CC(=O)O)n2)cc1. The molecule has 0 atom stereocenters. The molecule has 1 heterocycles. The molecule has 116 valence electrons. The first-order valence-electron chi connectivity index (χ1n) is 7.16. The number of aliphatic carboxylic acids is 1. The van der Waals surface area contributed by atoms with Crippen LogP contribution in [0.4, 0.5) is 4.39 Å². The zero-order chi connectivity index (χ0) is 16.4. The van der Waals surface area contributed by atoms with Crippen molar-refractivity contribution in [3.8, 4) is 16.9 Å². The summed E-state index contributed by atoms with van der Waals surface area (Å²) in [5.41, 5.74) is 3.40. The molecule has 0 amide bonds. The average molecular weight is 310 g/mol. The van der Waals surface area contributed by atoms with Crippen molar-refractivity contribution in [3.05, 3.63) is 71.9 Å². The summed E-state index contributed by atoms with van der Waals surface area (Å²) in [6, 6.07) is 13.7. The van der Waals surface area contributed by atoms with Crippen molar-refractivity contribution in [2.24, 2.45) is 0 Å². The Morgan fingerprint density at radius 1 is 1.13 bits per heavy atom. The molecule has 0 fully saturated rings. The van der Waals surface area contributed by atoms with Crippen molar-refractivity contribution in [1.29, 1.82) is 0 Å². The number of aryl methyl sites for hydroxylation is 1. The minimum absolute atomic E-state index is 0.205. The number of hydrogen-bond donors (Lipinski definition) is 1. The van der Waals surface area contributed by atoms with Crippen molar-refractivity contribution < 1.29 is 14.3 Å². The largest absolute Gasteiger partial charge is 0.481 e. The quantitative estimate of drug-likeness (QED) is 0.801. The first-order valence-corrected chi connectivity index (χ1v) is 7.16. The summed E-state index contributed by atoms with van der Waals surface area (Å²) in [6.07, 6.45) is 1.57. The monoisotopic (exact) mass is 310 g/mol. The van der Waals surface area contributed by atoms with Gasteiger partial charge in [0.1, 0.15) is 18.1 Å². The molecule has 1 N–H and O–H groups in total.